The number of thioether (sulfide) groups is 1. The summed E-state index contributed by atoms with van der Waals surface area (Å²) in [5.74, 6) is 0.900. The van der Waals surface area contributed by atoms with E-state index in [9.17, 15) is 9.59 Å². The van der Waals surface area contributed by atoms with Crippen LogP contribution in [0.15, 0.2) is 50.2 Å². The highest BCUT2D eigenvalue weighted by molar-refractivity contribution is 9.10. The molecule has 1 aliphatic rings. The number of likely N-dealkylation sites (N-methyl/N-ethyl adjacent to an activating group) is 1. The van der Waals surface area contributed by atoms with Crippen molar-refractivity contribution in [2.24, 2.45) is 0 Å². The summed E-state index contributed by atoms with van der Waals surface area (Å²) in [6.07, 6.45) is 1.70. The first-order valence-corrected chi connectivity index (χ1v) is 11.4. The molecule has 1 fully saturated rings. The van der Waals surface area contributed by atoms with Gasteiger partial charge in [0.25, 0.3) is 11.1 Å². The van der Waals surface area contributed by atoms with Crippen molar-refractivity contribution in [2.75, 3.05) is 13.2 Å². The molecule has 0 unspecified atom stereocenters. The van der Waals surface area contributed by atoms with Crippen molar-refractivity contribution in [3.63, 3.8) is 0 Å². The van der Waals surface area contributed by atoms with E-state index in [0.717, 1.165) is 31.8 Å². The summed E-state index contributed by atoms with van der Waals surface area (Å²) in [7, 11) is 0. The number of nitrogens with zero attached hydrogens (tertiary/aromatic N) is 1. The maximum absolute atomic E-state index is 12.4. The van der Waals surface area contributed by atoms with Crippen molar-refractivity contribution in [1.29, 1.82) is 0 Å². The van der Waals surface area contributed by atoms with Crippen LogP contribution in [-0.4, -0.2) is 29.2 Å². The van der Waals surface area contributed by atoms with Gasteiger partial charge in [0.1, 0.15) is 6.61 Å². The zero-order valence-corrected chi connectivity index (χ0v) is 19.9. The molecule has 2 aromatic rings. The highest BCUT2D eigenvalue weighted by Crippen LogP contribution is 2.38. The fourth-order valence-electron chi connectivity index (χ4n) is 2.70. The van der Waals surface area contributed by atoms with Crippen molar-refractivity contribution in [2.45, 2.75) is 20.5 Å². The van der Waals surface area contributed by atoms with Gasteiger partial charge < -0.3 is 9.47 Å². The number of hydrogen-bond donors (Lipinski definition) is 0. The summed E-state index contributed by atoms with van der Waals surface area (Å²) in [6, 6.07) is 11.5. The molecular weight excluding hydrogens is 522 g/mol. The normalized spacial score (nSPS) is 15.3. The number of ether oxygens (including phenoxy) is 2. The minimum Gasteiger partial charge on any atom is -0.490 e. The van der Waals surface area contributed by atoms with Crippen molar-refractivity contribution in [3.05, 3.63) is 61.4 Å². The molecule has 29 heavy (non-hydrogen) atoms. The zero-order valence-electron chi connectivity index (χ0n) is 15.9. The summed E-state index contributed by atoms with van der Waals surface area (Å²) in [5, 5.41) is -0.251. The summed E-state index contributed by atoms with van der Waals surface area (Å²) in [5.41, 5.74) is 1.77. The van der Waals surface area contributed by atoms with Gasteiger partial charge >= 0.3 is 0 Å². The third-order valence-electron chi connectivity index (χ3n) is 4.15. The van der Waals surface area contributed by atoms with Crippen LogP contribution in [0.1, 0.15) is 25.0 Å². The van der Waals surface area contributed by atoms with Gasteiger partial charge in [0.05, 0.1) is 11.5 Å². The number of carbonyl (C=O) groups excluding carboxylic acids is 2. The van der Waals surface area contributed by atoms with Crippen LogP contribution in [0, 0.1) is 0 Å². The van der Waals surface area contributed by atoms with Crippen LogP contribution in [0.2, 0.25) is 0 Å². The topological polar surface area (TPSA) is 55.8 Å². The Bertz CT molecular complexity index is 960. The van der Waals surface area contributed by atoms with E-state index in [1.54, 1.807) is 13.0 Å². The fourth-order valence-corrected chi connectivity index (χ4v) is 4.29. The Kier molecular flexibility index (Phi) is 7.43. The molecule has 8 heteroatoms. The second-order valence-electron chi connectivity index (χ2n) is 6.09. The molecule has 1 aliphatic heterocycles. The van der Waals surface area contributed by atoms with Gasteiger partial charge in [-0.05, 0) is 67.1 Å². The van der Waals surface area contributed by atoms with Gasteiger partial charge in [0.15, 0.2) is 11.5 Å². The van der Waals surface area contributed by atoms with E-state index in [4.69, 9.17) is 9.47 Å². The molecule has 0 radical (unpaired) electrons. The van der Waals surface area contributed by atoms with E-state index < -0.39 is 0 Å². The molecule has 0 bridgehead atoms. The molecule has 0 atom stereocenters. The van der Waals surface area contributed by atoms with Gasteiger partial charge in [-0.15, -0.1) is 0 Å². The molecular formula is C21H19Br2NO4S. The van der Waals surface area contributed by atoms with Crippen LogP contribution in [0.25, 0.3) is 6.08 Å². The standard InChI is InChI=1S/C21H19Br2NO4S/c1-3-24-20(25)19(29-21(24)26)10-14-9-17(27-4-2)18(11-16(14)23)28-12-13-5-7-15(22)8-6-13/h5-11H,3-4,12H2,1-2H3/b19-10+. The first-order chi connectivity index (χ1) is 13.9. The van der Waals surface area contributed by atoms with Crippen molar-refractivity contribution < 1.29 is 19.1 Å². The number of hydrogen-bond acceptors (Lipinski definition) is 5. The van der Waals surface area contributed by atoms with Gasteiger partial charge in [-0.2, -0.15) is 0 Å². The monoisotopic (exact) mass is 539 g/mol. The number of carbonyl (C=O) groups is 2. The van der Waals surface area contributed by atoms with E-state index >= 15 is 0 Å². The van der Waals surface area contributed by atoms with Gasteiger partial charge in [-0.3, -0.25) is 14.5 Å². The summed E-state index contributed by atoms with van der Waals surface area (Å²) in [4.78, 5) is 25.9. The molecule has 3 rings (SSSR count). The van der Waals surface area contributed by atoms with Gasteiger partial charge in [-0.25, -0.2) is 0 Å². The molecule has 5 nitrogen and oxygen atoms in total. The largest absolute Gasteiger partial charge is 0.490 e. The minimum atomic E-state index is -0.275. The van der Waals surface area contributed by atoms with E-state index in [1.807, 2.05) is 43.3 Å². The van der Waals surface area contributed by atoms with E-state index in [2.05, 4.69) is 31.9 Å². The molecule has 0 aromatic heterocycles. The predicted octanol–water partition coefficient (Wildman–Crippen LogP) is 6.25. The van der Waals surface area contributed by atoms with Crippen molar-refractivity contribution in [1.82, 2.24) is 4.90 Å². The lowest BCUT2D eigenvalue weighted by Gasteiger charge is -2.14. The Balaban J connectivity index is 1.86. The Hall–Kier alpha value is -1.77. The molecule has 1 saturated heterocycles. The van der Waals surface area contributed by atoms with Crippen LogP contribution < -0.4 is 9.47 Å². The number of imide groups is 1. The highest BCUT2D eigenvalue weighted by Gasteiger charge is 2.33. The maximum Gasteiger partial charge on any atom is 0.293 e. The SMILES string of the molecule is CCOc1cc(/C=C2/SC(=O)N(CC)C2=O)c(Br)cc1OCc1ccc(Br)cc1. The second kappa shape index (κ2) is 9.82. The number of benzene rings is 2. The number of amides is 2. The van der Waals surface area contributed by atoms with Crippen molar-refractivity contribution in [3.8, 4) is 11.5 Å². The van der Waals surface area contributed by atoms with Crippen LogP contribution in [-0.2, 0) is 11.4 Å². The Labute approximate surface area is 190 Å². The Morgan fingerprint density at radius 2 is 1.72 bits per heavy atom. The van der Waals surface area contributed by atoms with Crippen LogP contribution >= 0.6 is 43.6 Å². The van der Waals surface area contributed by atoms with Gasteiger partial charge in [-0.1, -0.05) is 44.0 Å². The smallest absolute Gasteiger partial charge is 0.293 e. The average Bonchev–Trinajstić information content (AvgIpc) is 2.97. The summed E-state index contributed by atoms with van der Waals surface area (Å²) >= 11 is 7.90. The quantitative estimate of drug-likeness (QED) is 0.389. The molecule has 0 spiro atoms. The lowest BCUT2D eigenvalue weighted by Crippen LogP contribution is -2.27. The molecule has 1 heterocycles. The van der Waals surface area contributed by atoms with Crippen LogP contribution in [0.3, 0.4) is 0 Å². The summed E-state index contributed by atoms with van der Waals surface area (Å²) in [6.45, 7) is 4.90. The van der Waals surface area contributed by atoms with E-state index in [-0.39, 0.29) is 11.1 Å². The zero-order chi connectivity index (χ0) is 21.0. The predicted molar refractivity (Wildman–Crippen MR) is 122 cm³/mol. The first-order valence-electron chi connectivity index (χ1n) is 9.01. The molecule has 0 saturated carbocycles. The Morgan fingerprint density at radius 1 is 1.03 bits per heavy atom. The third-order valence-corrected chi connectivity index (χ3v) is 6.27. The second-order valence-corrected chi connectivity index (χ2v) is 8.86. The van der Waals surface area contributed by atoms with Gasteiger partial charge in [0.2, 0.25) is 0 Å². The first kappa shape index (κ1) is 21.9. The number of rotatable bonds is 7. The molecule has 0 aliphatic carbocycles. The highest BCUT2D eigenvalue weighted by atomic mass is 79.9. The summed E-state index contributed by atoms with van der Waals surface area (Å²) < 4.78 is 13.5. The molecule has 2 amide bonds. The van der Waals surface area contributed by atoms with Gasteiger partial charge in [0, 0.05) is 15.5 Å². The van der Waals surface area contributed by atoms with Crippen molar-refractivity contribution >= 4 is 60.8 Å². The molecule has 152 valence electrons. The lowest BCUT2D eigenvalue weighted by molar-refractivity contribution is -0.122. The fraction of sp³-hybridized carbons (Fsp3) is 0.238. The number of halogens is 2. The molecule has 0 N–H and O–H groups in total. The minimum absolute atomic E-state index is 0.251. The van der Waals surface area contributed by atoms with Crippen LogP contribution in [0.5, 0.6) is 11.5 Å². The average molecular weight is 541 g/mol. The Morgan fingerprint density at radius 3 is 2.34 bits per heavy atom. The van der Waals surface area contributed by atoms with E-state index in [0.29, 0.717) is 36.2 Å². The van der Waals surface area contributed by atoms with Crippen LogP contribution in [0.4, 0.5) is 4.79 Å². The van der Waals surface area contributed by atoms with E-state index in [1.165, 1.54) is 4.90 Å². The maximum atomic E-state index is 12.4. The lowest BCUT2D eigenvalue weighted by atomic mass is 10.1. The molecule has 2 aromatic carbocycles. The third kappa shape index (κ3) is 5.24.